The quantitative estimate of drug-likeness (QED) is 0.397. The molecule has 3 rings (SSSR count). The fourth-order valence-corrected chi connectivity index (χ4v) is 6.00. The second kappa shape index (κ2) is 11.2. The summed E-state index contributed by atoms with van der Waals surface area (Å²) in [6.45, 7) is 5.61. The zero-order valence-electron chi connectivity index (χ0n) is 20.7. The number of nitrogens with zero attached hydrogens (tertiary/aromatic N) is 2. The molecule has 0 radical (unpaired) electrons. The molecule has 0 bridgehead atoms. The molecule has 0 N–H and O–H groups in total. The molecule has 0 unspecified atom stereocenters. The summed E-state index contributed by atoms with van der Waals surface area (Å²) in [6, 6.07) is 18.1. The van der Waals surface area contributed by atoms with Crippen LogP contribution in [-0.4, -0.2) is 44.2 Å². The molecule has 0 saturated heterocycles. The van der Waals surface area contributed by atoms with Crippen molar-refractivity contribution in [3.8, 4) is 5.75 Å². The predicted molar refractivity (Wildman–Crippen MR) is 139 cm³/mol. The maximum absolute atomic E-state index is 13.9. The molecule has 0 spiro atoms. The normalized spacial score (nSPS) is 11.5. The number of rotatable bonds is 9. The van der Waals surface area contributed by atoms with Gasteiger partial charge in [0.2, 0.25) is 15.9 Å². The van der Waals surface area contributed by atoms with Gasteiger partial charge in [-0.3, -0.25) is 4.79 Å². The Morgan fingerprint density at radius 3 is 1.94 bits per heavy atom. The summed E-state index contributed by atoms with van der Waals surface area (Å²) in [5, 5.41) is 0.559. The minimum Gasteiger partial charge on any atom is -0.497 e. The number of hydrogen-bond acceptors (Lipinski definition) is 4. The van der Waals surface area contributed by atoms with E-state index in [0.29, 0.717) is 22.7 Å². The Hall–Kier alpha value is -2.87. The van der Waals surface area contributed by atoms with Crippen molar-refractivity contribution in [2.45, 2.75) is 38.8 Å². The van der Waals surface area contributed by atoms with E-state index in [1.165, 1.54) is 9.21 Å². The van der Waals surface area contributed by atoms with Crippen LogP contribution in [0.3, 0.4) is 0 Å². The van der Waals surface area contributed by atoms with E-state index in [9.17, 15) is 13.2 Å². The van der Waals surface area contributed by atoms with E-state index in [2.05, 4.69) is 0 Å². The van der Waals surface area contributed by atoms with Crippen LogP contribution in [0.1, 0.15) is 27.8 Å². The Morgan fingerprint density at radius 1 is 0.886 bits per heavy atom. The number of halogens is 1. The number of sulfonamides is 1. The van der Waals surface area contributed by atoms with Crippen molar-refractivity contribution in [1.29, 1.82) is 0 Å². The molecule has 0 aromatic heterocycles. The first-order valence-electron chi connectivity index (χ1n) is 11.2. The average molecular weight is 515 g/mol. The van der Waals surface area contributed by atoms with Gasteiger partial charge in [0.25, 0.3) is 0 Å². The van der Waals surface area contributed by atoms with E-state index in [1.807, 2.05) is 43.3 Å². The lowest BCUT2D eigenvalue weighted by Gasteiger charge is -2.26. The highest BCUT2D eigenvalue weighted by Gasteiger charge is 2.30. The summed E-state index contributed by atoms with van der Waals surface area (Å²) in [5.41, 5.74) is 3.95. The molecule has 0 aliphatic carbocycles. The Balaban J connectivity index is 1.90. The van der Waals surface area contributed by atoms with Gasteiger partial charge in [0.15, 0.2) is 0 Å². The Labute approximate surface area is 213 Å². The van der Waals surface area contributed by atoms with Gasteiger partial charge in [0.1, 0.15) is 5.75 Å². The van der Waals surface area contributed by atoms with E-state index in [1.54, 1.807) is 52.3 Å². The summed E-state index contributed by atoms with van der Waals surface area (Å²) in [7, 11) is -0.698. The molecule has 0 saturated carbocycles. The number of carbonyl (C=O) groups is 1. The molecule has 6 nitrogen and oxygen atoms in total. The van der Waals surface area contributed by atoms with Gasteiger partial charge >= 0.3 is 0 Å². The summed E-state index contributed by atoms with van der Waals surface area (Å²) < 4.78 is 34.1. The third-order valence-corrected chi connectivity index (χ3v) is 8.14. The summed E-state index contributed by atoms with van der Waals surface area (Å²) in [6.07, 6.45) is 0. The molecule has 3 aromatic carbocycles. The lowest BCUT2D eigenvalue weighted by molar-refractivity contribution is -0.130. The fourth-order valence-electron chi connectivity index (χ4n) is 4.09. The molecule has 3 aromatic rings. The molecule has 186 valence electrons. The first-order chi connectivity index (χ1) is 16.5. The van der Waals surface area contributed by atoms with E-state index >= 15 is 0 Å². The number of benzene rings is 3. The highest BCUT2D eigenvalue weighted by molar-refractivity contribution is 7.89. The van der Waals surface area contributed by atoms with Gasteiger partial charge < -0.3 is 9.64 Å². The Kier molecular flexibility index (Phi) is 8.59. The molecular formula is C27H31ClN2O4S. The second-order valence-electron chi connectivity index (χ2n) is 8.73. The van der Waals surface area contributed by atoms with E-state index in [0.717, 1.165) is 22.4 Å². The summed E-state index contributed by atoms with van der Waals surface area (Å²) in [4.78, 5) is 15.0. The topological polar surface area (TPSA) is 66.9 Å². The van der Waals surface area contributed by atoms with Gasteiger partial charge in [-0.05, 0) is 67.3 Å². The largest absolute Gasteiger partial charge is 0.497 e. The lowest BCUT2D eigenvalue weighted by atomic mass is 10.1. The molecule has 0 atom stereocenters. The van der Waals surface area contributed by atoms with Gasteiger partial charge in [0, 0.05) is 25.2 Å². The monoisotopic (exact) mass is 514 g/mol. The maximum Gasteiger partial charge on any atom is 0.244 e. The van der Waals surface area contributed by atoms with Crippen molar-refractivity contribution in [2.75, 3.05) is 20.7 Å². The maximum atomic E-state index is 13.9. The van der Waals surface area contributed by atoms with Crippen LogP contribution in [0, 0.1) is 20.8 Å². The zero-order chi connectivity index (χ0) is 25.8. The minimum atomic E-state index is -3.96. The Morgan fingerprint density at radius 2 is 1.40 bits per heavy atom. The lowest BCUT2D eigenvalue weighted by Crippen LogP contribution is -2.41. The highest BCUT2D eigenvalue weighted by atomic mass is 35.5. The van der Waals surface area contributed by atoms with E-state index in [-0.39, 0.29) is 23.9 Å². The number of methoxy groups -OCH3 is 1. The average Bonchev–Trinajstić information content (AvgIpc) is 2.79. The van der Waals surface area contributed by atoms with E-state index in [4.69, 9.17) is 16.3 Å². The van der Waals surface area contributed by atoms with Crippen LogP contribution in [0.4, 0.5) is 0 Å². The van der Waals surface area contributed by atoms with Crippen molar-refractivity contribution in [1.82, 2.24) is 9.21 Å². The van der Waals surface area contributed by atoms with Crippen LogP contribution >= 0.6 is 11.6 Å². The number of aryl methyl sites for hydroxylation is 3. The molecule has 0 aliphatic heterocycles. The number of amides is 1. The molecule has 35 heavy (non-hydrogen) atoms. The van der Waals surface area contributed by atoms with Crippen LogP contribution in [0.5, 0.6) is 5.75 Å². The van der Waals surface area contributed by atoms with Gasteiger partial charge in [-0.1, -0.05) is 53.6 Å². The molecule has 8 heteroatoms. The van der Waals surface area contributed by atoms with Gasteiger partial charge in [-0.25, -0.2) is 8.42 Å². The zero-order valence-corrected chi connectivity index (χ0v) is 22.3. The van der Waals surface area contributed by atoms with Crippen molar-refractivity contribution in [3.05, 3.63) is 93.5 Å². The standard InChI is InChI=1S/C27H31ClN2O4S/c1-19-14-20(2)27(21(3)15-19)35(32,33)30(17-23-6-10-24(28)11-7-23)18-26(31)29(4)16-22-8-12-25(34-5)13-9-22/h6-15H,16-18H2,1-5H3. The molecule has 1 amide bonds. The van der Waals surface area contributed by atoms with Gasteiger partial charge in [-0.2, -0.15) is 4.31 Å². The third-order valence-electron chi connectivity index (χ3n) is 5.79. The van der Waals surface area contributed by atoms with Gasteiger partial charge in [0.05, 0.1) is 18.6 Å². The molecule has 0 heterocycles. The summed E-state index contributed by atoms with van der Waals surface area (Å²) >= 11 is 6.01. The minimum absolute atomic E-state index is 0.0500. The van der Waals surface area contributed by atoms with Crippen molar-refractivity contribution < 1.29 is 17.9 Å². The first-order valence-corrected chi connectivity index (χ1v) is 13.0. The second-order valence-corrected chi connectivity index (χ2v) is 11.0. The molecule has 0 aliphatic rings. The van der Waals surface area contributed by atoms with Crippen LogP contribution in [-0.2, 0) is 27.9 Å². The number of likely N-dealkylation sites (N-methyl/N-ethyl adjacent to an activating group) is 1. The van der Waals surface area contributed by atoms with E-state index < -0.39 is 10.0 Å². The number of hydrogen-bond donors (Lipinski definition) is 0. The Bertz CT molecular complexity index is 1270. The first kappa shape index (κ1) is 26.7. The van der Waals surface area contributed by atoms with Crippen LogP contribution in [0.2, 0.25) is 5.02 Å². The molecular weight excluding hydrogens is 484 g/mol. The summed E-state index contributed by atoms with van der Waals surface area (Å²) in [5.74, 6) is 0.424. The smallest absolute Gasteiger partial charge is 0.244 e. The SMILES string of the molecule is COc1ccc(CN(C)C(=O)CN(Cc2ccc(Cl)cc2)S(=O)(=O)c2c(C)cc(C)cc2C)cc1. The van der Waals surface area contributed by atoms with Crippen molar-refractivity contribution in [2.24, 2.45) is 0 Å². The van der Waals surface area contributed by atoms with Crippen molar-refractivity contribution >= 4 is 27.5 Å². The van der Waals surface area contributed by atoms with Crippen LogP contribution < -0.4 is 4.74 Å². The third kappa shape index (κ3) is 6.63. The fraction of sp³-hybridized carbons (Fsp3) is 0.296. The van der Waals surface area contributed by atoms with Gasteiger partial charge in [-0.15, -0.1) is 0 Å². The van der Waals surface area contributed by atoms with Crippen LogP contribution in [0.15, 0.2) is 65.6 Å². The highest BCUT2D eigenvalue weighted by Crippen LogP contribution is 2.27. The van der Waals surface area contributed by atoms with Crippen LogP contribution in [0.25, 0.3) is 0 Å². The molecule has 0 fully saturated rings. The number of carbonyl (C=O) groups excluding carboxylic acids is 1. The number of ether oxygens (including phenoxy) is 1. The predicted octanol–water partition coefficient (Wildman–Crippen LogP) is 5.12. The van der Waals surface area contributed by atoms with Crippen molar-refractivity contribution in [3.63, 3.8) is 0 Å².